The average molecular weight is 309 g/mol. The van der Waals surface area contributed by atoms with E-state index in [-0.39, 0.29) is 5.54 Å². The molecule has 0 aliphatic carbocycles. The minimum atomic E-state index is 0.240. The largest absolute Gasteiger partial charge is 0.354 e. The van der Waals surface area contributed by atoms with Crippen molar-refractivity contribution < 1.29 is 0 Å². The monoisotopic (exact) mass is 309 g/mol. The second-order valence-corrected chi connectivity index (χ2v) is 7.20. The number of piperazine rings is 1. The van der Waals surface area contributed by atoms with Gasteiger partial charge in [0.05, 0.1) is 11.0 Å². The summed E-state index contributed by atoms with van der Waals surface area (Å²) in [4.78, 5) is 14.3. The van der Waals surface area contributed by atoms with Crippen LogP contribution in [0.3, 0.4) is 0 Å². The summed E-state index contributed by atoms with van der Waals surface area (Å²) in [7, 11) is 0. The molecule has 1 aromatic carbocycles. The fourth-order valence-electron chi connectivity index (χ4n) is 3.32. The van der Waals surface area contributed by atoms with Crippen LogP contribution >= 0.6 is 0 Å². The number of rotatable bonds is 1. The first-order chi connectivity index (χ1) is 11.0. The van der Waals surface area contributed by atoms with Crippen LogP contribution in [0.25, 0.3) is 16.8 Å². The van der Waals surface area contributed by atoms with Gasteiger partial charge in [0.1, 0.15) is 5.82 Å². The maximum absolute atomic E-state index is 4.78. The smallest absolute Gasteiger partial charge is 0.236 e. The van der Waals surface area contributed by atoms with E-state index in [0.29, 0.717) is 0 Å². The molecule has 0 amide bonds. The molecule has 0 unspecified atom stereocenters. The summed E-state index contributed by atoms with van der Waals surface area (Å²) in [5.74, 6) is 1.81. The van der Waals surface area contributed by atoms with Gasteiger partial charge in [-0.2, -0.15) is 4.98 Å². The highest BCUT2D eigenvalue weighted by Gasteiger charge is 2.26. The van der Waals surface area contributed by atoms with Crippen molar-refractivity contribution in [2.75, 3.05) is 31.1 Å². The first-order valence-electron chi connectivity index (χ1n) is 8.26. The van der Waals surface area contributed by atoms with Crippen molar-refractivity contribution >= 4 is 22.6 Å². The number of anilines is 1. The molecule has 3 heterocycles. The number of hydrogen-bond donors (Lipinski definition) is 0. The molecular formula is C18H23N5. The Morgan fingerprint density at radius 2 is 1.65 bits per heavy atom. The van der Waals surface area contributed by atoms with Crippen LogP contribution in [0, 0.1) is 0 Å². The molecule has 23 heavy (non-hydrogen) atoms. The molecule has 3 aromatic rings. The molecule has 0 spiro atoms. The van der Waals surface area contributed by atoms with E-state index in [0.717, 1.165) is 48.8 Å². The van der Waals surface area contributed by atoms with Crippen LogP contribution in [0.5, 0.6) is 0 Å². The van der Waals surface area contributed by atoms with Crippen LogP contribution in [-0.4, -0.2) is 51.0 Å². The van der Waals surface area contributed by atoms with Crippen molar-refractivity contribution in [3.63, 3.8) is 0 Å². The van der Waals surface area contributed by atoms with E-state index in [2.05, 4.69) is 58.3 Å². The fourth-order valence-corrected chi connectivity index (χ4v) is 3.32. The predicted molar refractivity (Wildman–Crippen MR) is 94.0 cm³/mol. The quantitative estimate of drug-likeness (QED) is 0.692. The number of imidazole rings is 1. The minimum absolute atomic E-state index is 0.240. The van der Waals surface area contributed by atoms with Crippen LogP contribution in [-0.2, 0) is 0 Å². The van der Waals surface area contributed by atoms with Gasteiger partial charge in [-0.3, -0.25) is 9.30 Å². The van der Waals surface area contributed by atoms with Crippen molar-refractivity contribution in [3.05, 3.63) is 36.5 Å². The van der Waals surface area contributed by atoms with Gasteiger partial charge in [-0.25, -0.2) is 4.98 Å². The molecule has 1 fully saturated rings. The van der Waals surface area contributed by atoms with Crippen LogP contribution in [0.2, 0.25) is 0 Å². The Morgan fingerprint density at radius 3 is 2.39 bits per heavy atom. The Hall–Kier alpha value is -2.14. The van der Waals surface area contributed by atoms with Gasteiger partial charge >= 0.3 is 0 Å². The van der Waals surface area contributed by atoms with Crippen molar-refractivity contribution in [1.29, 1.82) is 0 Å². The third-order valence-electron chi connectivity index (χ3n) is 4.72. The summed E-state index contributed by atoms with van der Waals surface area (Å²) in [5, 5.41) is 0. The SMILES string of the molecule is CC(C)(C)N1CCN(c2ccn3c(n2)nc2ccccc23)CC1. The third-order valence-corrected chi connectivity index (χ3v) is 4.72. The van der Waals surface area contributed by atoms with Gasteiger partial charge in [-0.15, -0.1) is 0 Å². The average Bonchev–Trinajstić information content (AvgIpc) is 2.92. The van der Waals surface area contributed by atoms with Gasteiger partial charge < -0.3 is 4.90 Å². The standard InChI is InChI=1S/C18H23N5/c1-18(2,3)22-12-10-21(11-13-22)16-8-9-23-15-7-5-4-6-14(15)19-17(23)20-16/h4-9H,10-13H2,1-3H3. The van der Waals surface area contributed by atoms with Crippen molar-refractivity contribution in [2.24, 2.45) is 0 Å². The molecule has 5 nitrogen and oxygen atoms in total. The van der Waals surface area contributed by atoms with Gasteiger partial charge in [0.25, 0.3) is 0 Å². The minimum Gasteiger partial charge on any atom is -0.354 e. The maximum Gasteiger partial charge on any atom is 0.236 e. The highest BCUT2D eigenvalue weighted by molar-refractivity contribution is 5.79. The summed E-state index contributed by atoms with van der Waals surface area (Å²) in [6.07, 6.45) is 2.09. The van der Waals surface area contributed by atoms with Gasteiger partial charge in [0.2, 0.25) is 5.78 Å². The summed E-state index contributed by atoms with van der Waals surface area (Å²) in [5.41, 5.74) is 2.35. The number of nitrogens with zero attached hydrogens (tertiary/aromatic N) is 5. The van der Waals surface area contributed by atoms with E-state index < -0.39 is 0 Å². The zero-order chi connectivity index (χ0) is 16.0. The lowest BCUT2D eigenvalue weighted by atomic mass is 10.1. The van der Waals surface area contributed by atoms with Gasteiger partial charge in [-0.05, 0) is 39.0 Å². The molecule has 0 saturated carbocycles. The molecule has 0 radical (unpaired) electrons. The topological polar surface area (TPSA) is 36.7 Å². The van der Waals surface area contributed by atoms with E-state index in [1.165, 1.54) is 0 Å². The summed E-state index contributed by atoms with van der Waals surface area (Å²) >= 11 is 0. The van der Waals surface area contributed by atoms with Crippen LogP contribution < -0.4 is 4.90 Å². The molecule has 0 bridgehead atoms. The van der Waals surface area contributed by atoms with Gasteiger partial charge in [-0.1, -0.05) is 12.1 Å². The number of hydrogen-bond acceptors (Lipinski definition) is 4. The molecule has 5 heteroatoms. The Kier molecular flexibility index (Phi) is 3.27. The van der Waals surface area contributed by atoms with Crippen LogP contribution in [0.1, 0.15) is 20.8 Å². The molecular weight excluding hydrogens is 286 g/mol. The second kappa shape index (κ2) is 5.20. The molecule has 120 valence electrons. The maximum atomic E-state index is 4.78. The first-order valence-corrected chi connectivity index (χ1v) is 8.26. The Balaban J connectivity index is 1.62. The molecule has 0 atom stereocenters. The van der Waals surface area contributed by atoms with E-state index in [9.17, 15) is 0 Å². The zero-order valence-corrected chi connectivity index (χ0v) is 14.0. The summed E-state index contributed by atoms with van der Waals surface area (Å²) in [6.45, 7) is 11.0. The van der Waals surface area contributed by atoms with E-state index in [1.807, 2.05) is 18.2 Å². The summed E-state index contributed by atoms with van der Waals surface area (Å²) in [6, 6.07) is 10.3. The number of fused-ring (bicyclic) bond motifs is 3. The molecule has 1 saturated heterocycles. The Morgan fingerprint density at radius 1 is 0.913 bits per heavy atom. The summed E-state index contributed by atoms with van der Waals surface area (Å²) < 4.78 is 2.06. The van der Waals surface area contributed by atoms with E-state index in [1.54, 1.807) is 0 Å². The Labute approximate surface area is 136 Å². The van der Waals surface area contributed by atoms with Gasteiger partial charge in [0.15, 0.2) is 0 Å². The third kappa shape index (κ3) is 2.55. The lowest BCUT2D eigenvalue weighted by molar-refractivity contribution is 0.128. The van der Waals surface area contributed by atoms with E-state index >= 15 is 0 Å². The fraction of sp³-hybridized carbons (Fsp3) is 0.444. The molecule has 0 N–H and O–H groups in total. The molecule has 4 rings (SSSR count). The van der Waals surface area contributed by atoms with Crippen molar-refractivity contribution in [2.45, 2.75) is 26.3 Å². The Bertz CT molecular complexity index is 837. The first kappa shape index (κ1) is 14.5. The lowest BCUT2D eigenvalue weighted by Gasteiger charge is -2.42. The number of para-hydroxylation sites is 2. The van der Waals surface area contributed by atoms with E-state index in [4.69, 9.17) is 4.98 Å². The molecule has 2 aromatic heterocycles. The highest BCUT2D eigenvalue weighted by atomic mass is 15.3. The van der Waals surface area contributed by atoms with Crippen molar-refractivity contribution in [3.8, 4) is 0 Å². The predicted octanol–water partition coefficient (Wildman–Crippen LogP) is 2.80. The van der Waals surface area contributed by atoms with Gasteiger partial charge in [0, 0.05) is 37.9 Å². The number of benzene rings is 1. The number of aromatic nitrogens is 3. The molecule has 1 aliphatic heterocycles. The lowest BCUT2D eigenvalue weighted by Crippen LogP contribution is -2.53. The van der Waals surface area contributed by atoms with Crippen LogP contribution in [0.4, 0.5) is 5.82 Å². The van der Waals surface area contributed by atoms with Crippen LogP contribution in [0.15, 0.2) is 36.5 Å². The van der Waals surface area contributed by atoms with Crippen molar-refractivity contribution in [1.82, 2.24) is 19.3 Å². The highest BCUT2D eigenvalue weighted by Crippen LogP contribution is 2.21. The second-order valence-electron chi connectivity index (χ2n) is 7.20. The molecule has 1 aliphatic rings. The zero-order valence-electron chi connectivity index (χ0n) is 14.0. The normalized spacial score (nSPS) is 17.3.